The third-order valence-corrected chi connectivity index (χ3v) is 6.38. The maximum atomic E-state index is 13.5. The summed E-state index contributed by atoms with van der Waals surface area (Å²) >= 11 is 17.3. The van der Waals surface area contributed by atoms with E-state index in [9.17, 15) is 9.59 Å². The number of hydrogen-bond acceptors (Lipinski definition) is 4. The number of rotatable bonds is 4. The average Bonchev–Trinajstić information content (AvgIpc) is 3.10. The highest BCUT2D eigenvalue weighted by molar-refractivity contribution is 7.80. The second kappa shape index (κ2) is 9.19. The fourth-order valence-corrected chi connectivity index (χ4v) is 4.44. The van der Waals surface area contributed by atoms with E-state index in [2.05, 4.69) is 5.32 Å². The minimum absolute atomic E-state index is 0.00460. The number of halogens is 2. The quantitative estimate of drug-likeness (QED) is 0.200. The molecular weight excluding hydrogens is 505 g/mol. The summed E-state index contributed by atoms with van der Waals surface area (Å²) in [6, 6.07) is 21.2. The number of carbonyl (C=O) groups excluding carboxylic acids is 2. The van der Waals surface area contributed by atoms with Gasteiger partial charge in [0.1, 0.15) is 11.3 Å². The Morgan fingerprint density at radius 1 is 0.914 bits per heavy atom. The Hall–Kier alpha value is -3.65. The fourth-order valence-electron chi connectivity index (χ4n) is 3.90. The standard InChI is InChI=1S/C26H17Cl2N3O3S/c1-30-22-5-3-2-4-19(22)20(25(30)34-18-12-8-16(28)9-13-18)14-21-23(32)29-26(35)31(24(21)33)17-10-6-15(27)7-11-17/h2-14H,1H3,(H,29,32,35)/b21-14+. The minimum atomic E-state index is -0.587. The number of aromatic nitrogens is 1. The summed E-state index contributed by atoms with van der Waals surface area (Å²) in [7, 11) is 1.85. The van der Waals surface area contributed by atoms with Gasteiger partial charge >= 0.3 is 0 Å². The minimum Gasteiger partial charge on any atom is -0.440 e. The number of para-hydroxylation sites is 1. The van der Waals surface area contributed by atoms with Gasteiger partial charge < -0.3 is 9.30 Å². The van der Waals surface area contributed by atoms with Gasteiger partial charge in [0, 0.05) is 28.0 Å². The van der Waals surface area contributed by atoms with Crippen molar-refractivity contribution in [3.05, 3.63) is 94.0 Å². The molecule has 0 saturated carbocycles. The molecule has 0 aliphatic carbocycles. The molecule has 0 atom stereocenters. The molecule has 1 N–H and O–H groups in total. The van der Waals surface area contributed by atoms with Gasteiger partial charge in [-0.3, -0.25) is 19.8 Å². The molecule has 1 aliphatic rings. The highest BCUT2D eigenvalue weighted by Gasteiger charge is 2.35. The Balaban J connectivity index is 1.64. The Labute approximate surface area is 216 Å². The molecule has 0 spiro atoms. The summed E-state index contributed by atoms with van der Waals surface area (Å²) < 4.78 is 8.06. The molecule has 1 saturated heterocycles. The van der Waals surface area contributed by atoms with E-state index >= 15 is 0 Å². The van der Waals surface area contributed by atoms with Gasteiger partial charge in [0.2, 0.25) is 5.88 Å². The molecule has 2 amide bonds. The lowest BCUT2D eigenvalue weighted by molar-refractivity contribution is -0.122. The summed E-state index contributed by atoms with van der Waals surface area (Å²) in [4.78, 5) is 27.7. The van der Waals surface area contributed by atoms with Crippen LogP contribution in [0.5, 0.6) is 11.6 Å². The van der Waals surface area contributed by atoms with Gasteiger partial charge in [-0.15, -0.1) is 0 Å². The fraction of sp³-hybridized carbons (Fsp3) is 0.0385. The van der Waals surface area contributed by atoms with E-state index in [-0.39, 0.29) is 10.7 Å². The molecule has 0 unspecified atom stereocenters. The Morgan fingerprint density at radius 2 is 1.54 bits per heavy atom. The van der Waals surface area contributed by atoms with Gasteiger partial charge in [-0.2, -0.15) is 0 Å². The average molecular weight is 522 g/mol. The van der Waals surface area contributed by atoms with Crippen LogP contribution in [-0.2, 0) is 16.6 Å². The topological polar surface area (TPSA) is 63.6 Å². The molecule has 4 aromatic rings. The van der Waals surface area contributed by atoms with Crippen LogP contribution in [0.15, 0.2) is 78.4 Å². The number of thiocarbonyl (C=S) groups is 1. The van der Waals surface area contributed by atoms with Gasteiger partial charge in [0.05, 0.1) is 11.2 Å². The predicted molar refractivity (Wildman–Crippen MR) is 142 cm³/mol. The number of hydrogen-bond donors (Lipinski definition) is 1. The van der Waals surface area contributed by atoms with Crippen LogP contribution in [-0.4, -0.2) is 21.5 Å². The van der Waals surface area contributed by atoms with E-state index in [0.717, 1.165) is 10.9 Å². The molecule has 1 aromatic heterocycles. The summed E-state index contributed by atoms with van der Waals surface area (Å²) in [5.41, 5.74) is 1.87. The number of amides is 2. The maximum Gasteiger partial charge on any atom is 0.270 e. The van der Waals surface area contributed by atoms with E-state index in [0.29, 0.717) is 32.9 Å². The number of aryl methyl sites for hydroxylation is 1. The van der Waals surface area contributed by atoms with Crippen molar-refractivity contribution in [2.75, 3.05) is 4.90 Å². The van der Waals surface area contributed by atoms with Gasteiger partial charge in [0.25, 0.3) is 11.8 Å². The first-order valence-electron chi connectivity index (χ1n) is 10.5. The second-order valence-electron chi connectivity index (χ2n) is 7.79. The number of nitrogens with zero attached hydrogens (tertiary/aromatic N) is 2. The first-order chi connectivity index (χ1) is 16.8. The van der Waals surface area contributed by atoms with Gasteiger partial charge in [0.15, 0.2) is 5.11 Å². The van der Waals surface area contributed by atoms with Crippen molar-refractivity contribution in [2.45, 2.75) is 0 Å². The van der Waals surface area contributed by atoms with Crippen LogP contribution in [0.4, 0.5) is 5.69 Å². The molecular formula is C26H17Cl2N3O3S. The maximum absolute atomic E-state index is 13.5. The lowest BCUT2D eigenvalue weighted by Gasteiger charge is -2.29. The number of benzene rings is 3. The van der Waals surface area contributed by atoms with Gasteiger partial charge in [-0.25, -0.2) is 0 Å². The highest BCUT2D eigenvalue weighted by atomic mass is 35.5. The third kappa shape index (κ3) is 4.30. The largest absolute Gasteiger partial charge is 0.440 e. The molecule has 3 aromatic carbocycles. The lowest BCUT2D eigenvalue weighted by Crippen LogP contribution is -2.54. The zero-order chi connectivity index (χ0) is 24.7. The molecule has 6 nitrogen and oxygen atoms in total. The first-order valence-corrected chi connectivity index (χ1v) is 11.7. The Morgan fingerprint density at radius 3 is 2.23 bits per heavy atom. The van der Waals surface area contributed by atoms with Crippen LogP contribution < -0.4 is 15.0 Å². The Bertz CT molecular complexity index is 1530. The smallest absolute Gasteiger partial charge is 0.270 e. The van der Waals surface area contributed by atoms with Crippen molar-refractivity contribution >= 4 is 75.0 Å². The van der Waals surface area contributed by atoms with Crippen LogP contribution in [0.3, 0.4) is 0 Å². The van der Waals surface area contributed by atoms with Gasteiger partial charge in [-0.1, -0.05) is 41.4 Å². The highest BCUT2D eigenvalue weighted by Crippen LogP contribution is 2.37. The summed E-state index contributed by atoms with van der Waals surface area (Å²) in [5.74, 6) is -0.113. The Kier molecular flexibility index (Phi) is 6.06. The lowest BCUT2D eigenvalue weighted by atomic mass is 10.1. The van der Waals surface area contributed by atoms with Crippen molar-refractivity contribution in [1.82, 2.24) is 9.88 Å². The summed E-state index contributed by atoms with van der Waals surface area (Å²) in [5, 5.41) is 4.52. The molecule has 1 fully saturated rings. The molecule has 0 bridgehead atoms. The zero-order valence-corrected chi connectivity index (χ0v) is 20.6. The first kappa shape index (κ1) is 23.1. The number of fused-ring (bicyclic) bond motifs is 1. The summed E-state index contributed by atoms with van der Waals surface area (Å²) in [6.07, 6.45) is 1.54. The van der Waals surface area contributed by atoms with E-state index in [1.165, 1.54) is 11.0 Å². The molecule has 9 heteroatoms. The molecule has 35 heavy (non-hydrogen) atoms. The number of carbonyl (C=O) groups is 2. The second-order valence-corrected chi connectivity index (χ2v) is 9.04. The number of nitrogens with one attached hydrogen (secondary N) is 1. The number of ether oxygens (including phenoxy) is 1. The van der Waals surface area contributed by atoms with Crippen LogP contribution in [0.25, 0.3) is 17.0 Å². The van der Waals surface area contributed by atoms with E-state index in [4.69, 9.17) is 40.2 Å². The van der Waals surface area contributed by atoms with Crippen molar-refractivity contribution in [3.8, 4) is 11.6 Å². The van der Waals surface area contributed by atoms with Gasteiger partial charge in [-0.05, 0) is 72.9 Å². The SMILES string of the molecule is Cn1c(Oc2ccc(Cl)cc2)c(/C=C2\C(=O)NC(=S)N(c3ccc(Cl)cc3)C2=O)c2ccccc21. The molecule has 0 radical (unpaired) electrons. The zero-order valence-electron chi connectivity index (χ0n) is 18.3. The van der Waals surface area contributed by atoms with Crippen LogP contribution in [0.2, 0.25) is 10.0 Å². The normalized spacial score (nSPS) is 15.1. The van der Waals surface area contributed by atoms with Crippen molar-refractivity contribution in [3.63, 3.8) is 0 Å². The van der Waals surface area contributed by atoms with Crippen LogP contribution in [0, 0.1) is 0 Å². The van der Waals surface area contributed by atoms with Crippen molar-refractivity contribution < 1.29 is 14.3 Å². The molecule has 2 heterocycles. The number of anilines is 1. The monoisotopic (exact) mass is 521 g/mol. The van der Waals surface area contributed by atoms with Crippen molar-refractivity contribution in [2.24, 2.45) is 7.05 Å². The van der Waals surface area contributed by atoms with Crippen molar-refractivity contribution in [1.29, 1.82) is 0 Å². The third-order valence-electron chi connectivity index (χ3n) is 5.59. The van der Waals surface area contributed by atoms with E-state index in [1.807, 2.05) is 35.9 Å². The molecule has 174 valence electrons. The summed E-state index contributed by atoms with van der Waals surface area (Å²) in [6.45, 7) is 0. The van der Waals surface area contributed by atoms with E-state index in [1.54, 1.807) is 48.5 Å². The molecule has 5 rings (SSSR count). The predicted octanol–water partition coefficient (Wildman–Crippen LogP) is 6.11. The van der Waals surface area contributed by atoms with Crippen LogP contribution >= 0.6 is 35.4 Å². The van der Waals surface area contributed by atoms with E-state index < -0.39 is 11.8 Å². The van der Waals surface area contributed by atoms with Crippen LogP contribution in [0.1, 0.15) is 5.56 Å². The molecule has 1 aliphatic heterocycles.